The van der Waals surface area contributed by atoms with E-state index in [2.05, 4.69) is 101 Å². The highest BCUT2D eigenvalue weighted by Gasteiger charge is 2.59. The number of rotatable bonds is 8. The molecule has 0 saturated carbocycles. The van der Waals surface area contributed by atoms with Gasteiger partial charge in [0.15, 0.2) is 0 Å². The number of unbranched alkanes of at least 4 members (excludes halogenated alkanes) is 2. The van der Waals surface area contributed by atoms with Gasteiger partial charge >= 0.3 is 0 Å². The van der Waals surface area contributed by atoms with Crippen molar-refractivity contribution in [3.05, 3.63) is 105 Å². The van der Waals surface area contributed by atoms with Crippen molar-refractivity contribution in [2.24, 2.45) is 16.2 Å². The molecule has 220 valence electrons. The van der Waals surface area contributed by atoms with E-state index < -0.39 is 0 Å². The van der Waals surface area contributed by atoms with Crippen LogP contribution in [-0.2, 0) is 6.42 Å². The van der Waals surface area contributed by atoms with Gasteiger partial charge in [0.1, 0.15) is 0 Å². The molecule has 0 aliphatic heterocycles. The van der Waals surface area contributed by atoms with Crippen LogP contribution in [0.2, 0.25) is 0 Å². The van der Waals surface area contributed by atoms with Crippen LogP contribution in [0, 0.1) is 23.2 Å². The first-order chi connectivity index (χ1) is 19.0. The van der Waals surface area contributed by atoms with Gasteiger partial charge in [0.05, 0.1) is 0 Å². The molecule has 0 heterocycles. The smallest absolute Gasteiger partial charge is 0.0194 e. The Morgan fingerprint density at radius 1 is 1.02 bits per heavy atom. The van der Waals surface area contributed by atoms with Crippen LogP contribution in [0.4, 0.5) is 0 Å². The predicted octanol–water partition coefficient (Wildman–Crippen LogP) is 12.4. The fraction of sp³-hybridized carbons (Fsp3) is 0.512. The second-order valence-corrected chi connectivity index (χ2v) is 14.8. The summed E-state index contributed by atoms with van der Waals surface area (Å²) in [5.74, 6) is 0.453. The van der Waals surface area contributed by atoms with Crippen LogP contribution in [0.15, 0.2) is 77.5 Å². The molecule has 0 amide bonds. The number of hydrogen-bond acceptors (Lipinski definition) is 0. The number of benzene rings is 1. The second-order valence-electron chi connectivity index (χ2n) is 14.8. The van der Waals surface area contributed by atoms with E-state index >= 15 is 0 Å². The SMILES string of the molecule is C=C(/C=C/c1cc(C(C)C)c2c(c1C)C(=C)C1=C(C)[C@@]3(C)C(=C)C(C(=C)C)=C(C)C[C@@]3(C)C[C@@]1(C)C2)CCCCC. The van der Waals surface area contributed by atoms with E-state index in [9.17, 15) is 0 Å². The summed E-state index contributed by atoms with van der Waals surface area (Å²) in [5, 5.41) is 0. The molecule has 3 atom stereocenters. The summed E-state index contributed by atoms with van der Waals surface area (Å²) in [4.78, 5) is 0. The predicted molar refractivity (Wildman–Crippen MR) is 183 cm³/mol. The number of allylic oxidation sites excluding steroid dienone is 9. The standard InChI is InChI=1S/C41H56/c1-15-16-17-18-27(6)19-20-33-21-34(25(2)3)35-23-39(12)24-40(13)22-28(7)36(26(4)5)31(10)41(40,14)32(11)38(39)30(9)37(35)29(33)8/h19-21,25H,4,6,9-10,15-18,22-24H2,1-3,5,7-8,11-14H3/b20-19+/t39-,40+,41-/m1/s1. The van der Waals surface area contributed by atoms with Gasteiger partial charge < -0.3 is 0 Å². The Labute approximate surface area is 252 Å². The Morgan fingerprint density at radius 2 is 1.68 bits per heavy atom. The molecule has 0 heteroatoms. The van der Waals surface area contributed by atoms with E-state index in [0.29, 0.717) is 5.92 Å². The van der Waals surface area contributed by atoms with E-state index in [1.807, 2.05) is 0 Å². The lowest BCUT2D eigenvalue weighted by molar-refractivity contribution is 0.0543. The Morgan fingerprint density at radius 3 is 2.27 bits per heavy atom. The summed E-state index contributed by atoms with van der Waals surface area (Å²) in [6.07, 6.45) is 12.7. The first kappa shape index (κ1) is 31.3. The lowest BCUT2D eigenvalue weighted by Gasteiger charge is -2.62. The van der Waals surface area contributed by atoms with Gasteiger partial charge in [-0.15, -0.1) is 0 Å². The minimum atomic E-state index is -0.126. The largest absolute Gasteiger partial charge is 0.0958 e. The van der Waals surface area contributed by atoms with Gasteiger partial charge in [0.2, 0.25) is 0 Å². The summed E-state index contributed by atoms with van der Waals surface area (Å²) in [5.41, 5.74) is 17.6. The average Bonchev–Trinajstić information content (AvgIpc) is 2.85. The highest BCUT2D eigenvalue weighted by atomic mass is 14.6. The zero-order valence-corrected chi connectivity index (χ0v) is 28.1. The maximum absolute atomic E-state index is 4.91. The maximum Gasteiger partial charge on any atom is 0.0194 e. The molecule has 4 rings (SSSR count). The third-order valence-corrected chi connectivity index (χ3v) is 11.3. The molecule has 0 fully saturated rings. The van der Waals surface area contributed by atoms with Crippen LogP contribution in [0.3, 0.4) is 0 Å². The molecule has 41 heavy (non-hydrogen) atoms. The topological polar surface area (TPSA) is 0 Å². The van der Waals surface area contributed by atoms with Crippen LogP contribution in [-0.4, -0.2) is 0 Å². The fourth-order valence-electron chi connectivity index (χ4n) is 9.23. The summed E-state index contributed by atoms with van der Waals surface area (Å²) < 4.78 is 0. The van der Waals surface area contributed by atoms with E-state index in [1.54, 1.807) is 0 Å². The fourth-order valence-corrected chi connectivity index (χ4v) is 9.23. The normalized spacial score (nSPS) is 27.9. The number of fused-ring (bicyclic) bond motifs is 3. The van der Waals surface area contributed by atoms with Gasteiger partial charge in [-0.2, -0.15) is 0 Å². The molecule has 0 N–H and O–H groups in total. The van der Waals surface area contributed by atoms with Crippen molar-refractivity contribution in [3.63, 3.8) is 0 Å². The Kier molecular flexibility index (Phi) is 8.34. The summed E-state index contributed by atoms with van der Waals surface area (Å²) in [6, 6.07) is 2.47. The van der Waals surface area contributed by atoms with E-state index in [-0.39, 0.29) is 16.2 Å². The molecule has 1 aromatic carbocycles. The molecule has 0 aromatic heterocycles. The molecule has 3 aliphatic rings. The average molecular weight is 549 g/mol. The first-order valence-electron chi connectivity index (χ1n) is 16.0. The molecule has 0 spiro atoms. The summed E-state index contributed by atoms with van der Waals surface area (Å²) in [6.45, 7) is 42.0. The van der Waals surface area contributed by atoms with Crippen molar-refractivity contribution < 1.29 is 0 Å². The van der Waals surface area contributed by atoms with E-state index in [0.717, 1.165) is 31.3 Å². The third kappa shape index (κ3) is 4.84. The van der Waals surface area contributed by atoms with Crippen LogP contribution >= 0.6 is 0 Å². The zero-order chi connectivity index (χ0) is 30.7. The Hall–Kier alpha value is -2.60. The Bertz CT molecular complexity index is 1430. The minimum absolute atomic E-state index is 0.0463. The molecular weight excluding hydrogens is 492 g/mol. The lowest BCUT2D eigenvalue weighted by Crippen LogP contribution is -2.52. The van der Waals surface area contributed by atoms with Crippen molar-refractivity contribution in [1.29, 1.82) is 0 Å². The van der Waals surface area contributed by atoms with Crippen LogP contribution < -0.4 is 0 Å². The molecule has 0 radical (unpaired) electrons. The number of hydrogen-bond donors (Lipinski definition) is 0. The molecule has 3 aliphatic carbocycles. The maximum atomic E-state index is 4.91. The molecule has 1 aromatic rings. The summed E-state index contributed by atoms with van der Waals surface area (Å²) in [7, 11) is 0. The van der Waals surface area contributed by atoms with Crippen LogP contribution in [0.5, 0.6) is 0 Å². The highest BCUT2D eigenvalue weighted by molar-refractivity contribution is 5.88. The van der Waals surface area contributed by atoms with Gasteiger partial charge in [-0.05, 0) is 127 Å². The van der Waals surface area contributed by atoms with Crippen molar-refractivity contribution in [2.75, 3.05) is 0 Å². The van der Waals surface area contributed by atoms with Crippen molar-refractivity contribution in [1.82, 2.24) is 0 Å². The van der Waals surface area contributed by atoms with Gasteiger partial charge in [0, 0.05) is 5.41 Å². The monoisotopic (exact) mass is 548 g/mol. The lowest BCUT2D eigenvalue weighted by atomic mass is 9.41. The van der Waals surface area contributed by atoms with Crippen molar-refractivity contribution >= 4 is 11.6 Å². The zero-order valence-electron chi connectivity index (χ0n) is 28.1. The van der Waals surface area contributed by atoms with Crippen molar-refractivity contribution in [2.45, 2.75) is 120 Å². The molecule has 0 unspecified atom stereocenters. The van der Waals surface area contributed by atoms with Crippen molar-refractivity contribution in [3.8, 4) is 0 Å². The van der Waals surface area contributed by atoms with Crippen LogP contribution in [0.1, 0.15) is 135 Å². The first-order valence-corrected chi connectivity index (χ1v) is 16.0. The van der Waals surface area contributed by atoms with Gasteiger partial charge in [-0.3, -0.25) is 0 Å². The van der Waals surface area contributed by atoms with Gasteiger partial charge in [0.25, 0.3) is 0 Å². The molecule has 0 bridgehead atoms. The summed E-state index contributed by atoms with van der Waals surface area (Å²) >= 11 is 0. The van der Waals surface area contributed by atoms with Crippen LogP contribution in [0.25, 0.3) is 11.6 Å². The molecular formula is C41H56. The minimum Gasteiger partial charge on any atom is -0.0958 e. The quantitative estimate of drug-likeness (QED) is 0.224. The second kappa shape index (κ2) is 10.9. The molecule has 0 saturated heterocycles. The third-order valence-electron chi connectivity index (χ3n) is 11.3. The van der Waals surface area contributed by atoms with Gasteiger partial charge in [-0.1, -0.05) is 121 Å². The highest BCUT2D eigenvalue weighted by Crippen LogP contribution is 2.70. The van der Waals surface area contributed by atoms with E-state index in [1.165, 1.54) is 86.1 Å². The Balaban J connectivity index is 1.91. The van der Waals surface area contributed by atoms with E-state index in [4.69, 9.17) is 13.2 Å². The molecule has 0 nitrogen and oxygen atoms in total. The van der Waals surface area contributed by atoms with Gasteiger partial charge in [-0.25, -0.2) is 0 Å².